The van der Waals surface area contributed by atoms with Crippen molar-refractivity contribution in [1.82, 2.24) is 5.32 Å². The largest absolute Gasteiger partial charge is 0.376 e. The molecule has 2 rings (SSSR count). The Morgan fingerprint density at radius 2 is 1.85 bits per heavy atom. The fraction of sp³-hybridized carbons (Fsp3) is 0.667. The van der Waals surface area contributed by atoms with Gasteiger partial charge in [-0.3, -0.25) is 0 Å². The summed E-state index contributed by atoms with van der Waals surface area (Å²) in [6.45, 7) is 11.6. The van der Waals surface area contributed by atoms with E-state index in [2.05, 4.69) is 57.3 Å². The second-order valence-corrected chi connectivity index (χ2v) is 7.23. The van der Waals surface area contributed by atoms with Crippen LogP contribution in [0, 0.1) is 5.92 Å². The highest BCUT2D eigenvalue weighted by Crippen LogP contribution is 2.29. The molecular formula is C18H29NO. The summed E-state index contributed by atoms with van der Waals surface area (Å²) in [5, 5.41) is 3.56. The van der Waals surface area contributed by atoms with Crippen LogP contribution in [0.5, 0.6) is 0 Å². The van der Waals surface area contributed by atoms with Crippen molar-refractivity contribution in [3.8, 4) is 0 Å². The Balaban J connectivity index is 1.77. The zero-order valence-electron chi connectivity index (χ0n) is 13.4. The van der Waals surface area contributed by atoms with Gasteiger partial charge in [-0.15, -0.1) is 0 Å². The van der Waals surface area contributed by atoms with Crippen LogP contribution in [0.25, 0.3) is 0 Å². The second kappa shape index (κ2) is 6.73. The standard InChI is InChI=1S/C18H29NO/c1-14(11-19-18(2,3)4)17-9-7-16(8-10-17)13-20-12-15-5-6-15/h7-10,14-15,19H,5-6,11-13H2,1-4H3. The maximum atomic E-state index is 5.72. The molecule has 1 N–H and O–H groups in total. The molecule has 0 amide bonds. The van der Waals surface area contributed by atoms with E-state index < -0.39 is 0 Å². The Bertz CT molecular complexity index is 400. The van der Waals surface area contributed by atoms with Gasteiger partial charge in [-0.2, -0.15) is 0 Å². The predicted octanol–water partition coefficient (Wildman–Crippen LogP) is 4.10. The maximum absolute atomic E-state index is 5.72. The summed E-state index contributed by atoms with van der Waals surface area (Å²) >= 11 is 0. The van der Waals surface area contributed by atoms with E-state index in [1.54, 1.807) is 0 Å². The molecule has 1 aromatic rings. The van der Waals surface area contributed by atoms with Gasteiger partial charge in [0.1, 0.15) is 0 Å². The number of ether oxygens (including phenoxy) is 1. The Labute approximate surface area is 123 Å². The normalized spacial score (nSPS) is 17.2. The van der Waals surface area contributed by atoms with Gasteiger partial charge in [-0.05, 0) is 56.6 Å². The highest BCUT2D eigenvalue weighted by Gasteiger charge is 2.21. The van der Waals surface area contributed by atoms with Gasteiger partial charge >= 0.3 is 0 Å². The van der Waals surface area contributed by atoms with Crippen LogP contribution in [-0.4, -0.2) is 18.7 Å². The van der Waals surface area contributed by atoms with Crippen LogP contribution in [0.1, 0.15) is 57.6 Å². The molecular weight excluding hydrogens is 246 g/mol. The summed E-state index contributed by atoms with van der Waals surface area (Å²) in [6.07, 6.45) is 2.72. The SMILES string of the molecule is CC(CNC(C)(C)C)c1ccc(COCC2CC2)cc1. The summed E-state index contributed by atoms with van der Waals surface area (Å²) in [6, 6.07) is 8.89. The van der Waals surface area contributed by atoms with Crippen LogP contribution in [0.3, 0.4) is 0 Å². The lowest BCUT2D eigenvalue weighted by molar-refractivity contribution is 0.111. The summed E-state index contributed by atoms with van der Waals surface area (Å²) in [7, 11) is 0. The summed E-state index contributed by atoms with van der Waals surface area (Å²) in [5.41, 5.74) is 2.86. The number of rotatable bonds is 7. The van der Waals surface area contributed by atoms with Crippen molar-refractivity contribution in [2.75, 3.05) is 13.2 Å². The number of hydrogen-bond donors (Lipinski definition) is 1. The third-order valence-electron chi connectivity index (χ3n) is 3.81. The minimum absolute atomic E-state index is 0.185. The van der Waals surface area contributed by atoms with Gasteiger partial charge < -0.3 is 10.1 Å². The average Bonchev–Trinajstić information content (AvgIpc) is 3.20. The van der Waals surface area contributed by atoms with Crippen LogP contribution < -0.4 is 5.32 Å². The lowest BCUT2D eigenvalue weighted by Gasteiger charge is -2.23. The molecule has 2 heteroatoms. The van der Waals surface area contributed by atoms with E-state index in [-0.39, 0.29) is 5.54 Å². The molecule has 1 fully saturated rings. The monoisotopic (exact) mass is 275 g/mol. The molecule has 20 heavy (non-hydrogen) atoms. The smallest absolute Gasteiger partial charge is 0.0717 e. The molecule has 0 heterocycles. The van der Waals surface area contributed by atoms with Crippen LogP contribution >= 0.6 is 0 Å². The molecule has 2 nitrogen and oxygen atoms in total. The first-order chi connectivity index (χ1) is 9.44. The fourth-order valence-electron chi connectivity index (χ4n) is 2.15. The van der Waals surface area contributed by atoms with Crippen LogP contribution in [0.2, 0.25) is 0 Å². The van der Waals surface area contributed by atoms with Crippen LogP contribution in [0.4, 0.5) is 0 Å². The van der Waals surface area contributed by atoms with Gasteiger partial charge in [0.15, 0.2) is 0 Å². The Morgan fingerprint density at radius 3 is 2.40 bits per heavy atom. The van der Waals surface area contributed by atoms with Crippen molar-refractivity contribution in [1.29, 1.82) is 0 Å². The number of hydrogen-bond acceptors (Lipinski definition) is 2. The minimum atomic E-state index is 0.185. The molecule has 0 saturated heterocycles. The van der Waals surface area contributed by atoms with E-state index in [1.165, 1.54) is 24.0 Å². The molecule has 1 atom stereocenters. The van der Waals surface area contributed by atoms with Crippen molar-refractivity contribution < 1.29 is 4.74 Å². The van der Waals surface area contributed by atoms with Gasteiger partial charge in [0.25, 0.3) is 0 Å². The summed E-state index contributed by atoms with van der Waals surface area (Å²) < 4.78 is 5.72. The van der Waals surface area contributed by atoms with Gasteiger partial charge in [-0.1, -0.05) is 31.2 Å². The van der Waals surface area contributed by atoms with E-state index in [9.17, 15) is 0 Å². The molecule has 0 aromatic heterocycles. The van der Waals surface area contributed by atoms with Gasteiger partial charge in [-0.25, -0.2) is 0 Å². The highest BCUT2D eigenvalue weighted by molar-refractivity contribution is 5.25. The molecule has 1 unspecified atom stereocenters. The topological polar surface area (TPSA) is 21.3 Å². The predicted molar refractivity (Wildman–Crippen MR) is 85.0 cm³/mol. The average molecular weight is 275 g/mol. The number of benzene rings is 1. The minimum Gasteiger partial charge on any atom is -0.376 e. The molecule has 1 aliphatic carbocycles. The van der Waals surface area contributed by atoms with Crippen molar-refractivity contribution in [3.05, 3.63) is 35.4 Å². The van der Waals surface area contributed by atoms with Crippen LogP contribution in [-0.2, 0) is 11.3 Å². The third-order valence-corrected chi connectivity index (χ3v) is 3.81. The Hall–Kier alpha value is -0.860. The van der Waals surface area contributed by atoms with E-state index in [0.717, 1.165) is 25.7 Å². The van der Waals surface area contributed by atoms with Crippen molar-refractivity contribution in [2.24, 2.45) is 5.92 Å². The van der Waals surface area contributed by atoms with Crippen molar-refractivity contribution in [2.45, 2.75) is 58.6 Å². The van der Waals surface area contributed by atoms with Gasteiger partial charge in [0.05, 0.1) is 6.61 Å². The lowest BCUT2D eigenvalue weighted by Crippen LogP contribution is -2.38. The van der Waals surface area contributed by atoms with Gasteiger partial charge in [0, 0.05) is 18.7 Å². The molecule has 0 radical (unpaired) electrons. The van der Waals surface area contributed by atoms with E-state index in [4.69, 9.17) is 4.74 Å². The van der Waals surface area contributed by atoms with Gasteiger partial charge in [0.2, 0.25) is 0 Å². The third kappa shape index (κ3) is 5.64. The van der Waals surface area contributed by atoms with E-state index in [0.29, 0.717) is 5.92 Å². The van der Waals surface area contributed by atoms with Crippen molar-refractivity contribution >= 4 is 0 Å². The van der Waals surface area contributed by atoms with Crippen molar-refractivity contribution in [3.63, 3.8) is 0 Å². The molecule has 112 valence electrons. The molecule has 1 aliphatic rings. The fourth-order valence-corrected chi connectivity index (χ4v) is 2.15. The lowest BCUT2D eigenvalue weighted by atomic mass is 9.98. The quantitative estimate of drug-likeness (QED) is 0.808. The Kier molecular flexibility index (Phi) is 5.22. The molecule has 1 aromatic carbocycles. The first kappa shape index (κ1) is 15.5. The van der Waals surface area contributed by atoms with E-state index >= 15 is 0 Å². The number of nitrogens with one attached hydrogen (secondary N) is 1. The molecule has 0 bridgehead atoms. The highest BCUT2D eigenvalue weighted by atomic mass is 16.5. The maximum Gasteiger partial charge on any atom is 0.0717 e. The molecule has 1 saturated carbocycles. The summed E-state index contributed by atoms with van der Waals surface area (Å²) in [5.74, 6) is 1.38. The first-order valence-electron chi connectivity index (χ1n) is 7.85. The second-order valence-electron chi connectivity index (χ2n) is 7.23. The molecule has 0 aliphatic heterocycles. The van der Waals surface area contributed by atoms with E-state index in [1.807, 2.05) is 0 Å². The summed E-state index contributed by atoms with van der Waals surface area (Å²) in [4.78, 5) is 0. The zero-order valence-corrected chi connectivity index (χ0v) is 13.4. The van der Waals surface area contributed by atoms with Crippen LogP contribution in [0.15, 0.2) is 24.3 Å². The zero-order chi connectivity index (χ0) is 14.6. The first-order valence-corrected chi connectivity index (χ1v) is 7.85. The Morgan fingerprint density at radius 1 is 1.20 bits per heavy atom. The molecule has 0 spiro atoms.